The van der Waals surface area contributed by atoms with Gasteiger partial charge < -0.3 is 14.8 Å². The molecule has 0 radical (unpaired) electrons. The van der Waals surface area contributed by atoms with Gasteiger partial charge in [-0.1, -0.05) is 30.3 Å². The average molecular weight is 487 g/mol. The van der Waals surface area contributed by atoms with Crippen molar-refractivity contribution in [2.75, 3.05) is 14.2 Å². The maximum atomic E-state index is 12.7. The van der Waals surface area contributed by atoms with Crippen LogP contribution in [0.3, 0.4) is 0 Å². The minimum absolute atomic E-state index is 0.0542. The quantitative estimate of drug-likeness (QED) is 0.337. The molecular formula is C29H34N4O3. The second-order valence-electron chi connectivity index (χ2n) is 9.12. The van der Waals surface area contributed by atoms with Gasteiger partial charge in [0.25, 0.3) is 0 Å². The number of amides is 1. The number of rotatable bonds is 10. The van der Waals surface area contributed by atoms with Crippen LogP contribution in [-0.4, -0.2) is 40.8 Å². The molecule has 1 amide bonds. The predicted octanol–water partition coefficient (Wildman–Crippen LogP) is 5.10. The third-order valence-corrected chi connectivity index (χ3v) is 6.57. The van der Waals surface area contributed by atoms with Crippen LogP contribution in [0.25, 0.3) is 16.9 Å². The highest BCUT2D eigenvalue weighted by Gasteiger charge is 2.17. The molecule has 2 aromatic carbocycles. The molecule has 0 unspecified atom stereocenters. The van der Waals surface area contributed by atoms with E-state index in [4.69, 9.17) is 19.6 Å². The zero-order valence-electron chi connectivity index (χ0n) is 21.7. The fraction of sp³-hybridized carbons (Fsp3) is 0.345. The smallest absolute Gasteiger partial charge is 0.220 e. The number of nitrogens with zero attached hydrogens (tertiary/aromatic N) is 3. The Labute approximate surface area is 212 Å². The van der Waals surface area contributed by atoms with Crippen molar-refractivity contribution in [3.8, 4) is 22.8 Å². The summed E-state index contributed by atoms with van der Waals surface area (Å²) in [5.74, 6) is 1.46. The summed E-state index contributed by atoms with van der Waals surface area (Å²) in [5.41, 5.74) is 6.64. The number of fused-ring (bicyclic) bond motifs is 1. The lowest BCUT2D eigenvalue weighted by Gasteiger charge is -2.15. The van der Waals surface area contributed by atoms with Gasteiger partial charge in [-0.3, -0.25) is 4.79 Å². The van der Waals surface area contributed by atoms with Gasteiger partial charge in [-0.05, 0) is 63.3 Å². The molecule has 7 heteroatoms. The van der Waals surface area contributed by atoms with Crippen LogP contribution in [0.1, 0.15) is 42.3 Å². The molecule has 4 rings (SSSR count). The summed E-state index contributed by atoms with van der Waals surface area (Å²) in [6.45, 7) is 6.08. The third kappa shape index (κ3) is 5.67. The zero-order valence-corrected chi connectivity index (χ0v) is 21.7. The lowest BCUT2D eigenvalue weighted by atomic mass is 10.0. The van der Waals surface area contributed by atoms with E-state index in [2.05, 4.69) is 24.4 Å². The van der Waals surface area contributed by atoms with Crippen molar-refractivity contribution >= 4 is 11.6 Å². The monoisotopic (exact) mass is 486 g/mol. The first-order chi connectivity index (χ1) is 17.4. The molecule has 36 heavy (non-hydrogen) atoms. The Hall–Kier alpha value is -3.87. The predicted molar refractivity (Wildman–Crippen MR) is 142 cm³/mol. The Bertz CT molecular complexity index is 1350. The van der Waals surface area contributed by atoms with Gasteiger partial charge in [0, 0.05) is 41.5 Å². The minimum atomic E-state index is 0.0542. The molecule has 0 aliphatic heterocycles. The first-order valence-corrected chi connectivity index (χ1v) is 12.3. The van der Waals surface area contributed by atoms with Crippen LogP contribution in [-0.2, 0) is 17.6 Å². The van der Waals surface area contributed by atoms with Crippen molar-refractivity contribution in [3.05, 3.63) is 77.1 Å². The standard InChI is InChI=1S/C29H34N4O3/c1-19(11-12-22-9-7-6-8-10-22)30-29(34)16-15-24-20(2)31-28-18-26(32-33(28)21(24)3)25-14-13-23(35-4)17-27(25)36-5/h6-10,13-14,17-19H,11-12,15-16H2,1-5H3,(H,30,34)/t19-/m1/s1. The molecule has 0 saturated carbocycles. The van der Waals surface area contributed by atoms with E-state index < -0.39 is 0 Å². The maximum Gasteiger partial charge on any atom is 0.220 e. The largest absolute Gasteiger partial charge is 0.497 e. The highest BCUT2D eigenvalue weighted by molar-refractivity contribution is 5.76. The number of methoxy groups -OCH3 is 2. The molecule has 0 aliphatic carbocycles. The lowest BCUT2D eigenvalue weighted by molar-refractivity contribution is -0.121. The molecule has 0 bridgehead atoms. The molecule has 2 heterocycles. The second kappa shape index (κ2) is 11.2. The Morgan fingerprint density at radius 1 is 1.03 bits per heavy atom. The summed E-state index contributed by atoms with van der Waals surface area (Å²) in [6.07, 6.45) is 2.87. The van der Waals surface area contributed by atoms with Crippen LogP contribution in [0.2, 0.25) is 0 Å². The van der Waals surface area contributed by atoms with Gasteiger partial charge in [-0.25, -0.2) is 9.50 Å². The summed E-state index contributed by atoms with van der Waals surface area (Å²) in [4.78, 5) is 17.4. The highest BCUT2D eigenvalue weighted by Crippen LogP contribution is 2.33. The number of nitrogens with one attached hydrogen (secondary N) is 1. The van der Waals surface area contributed by atoms with Gasteiger partial charge >= 0.3 is 0 Å². The normalized spacial score (nSPS) is 11.9. The fourth-order valence-electron chi connectivity index (χ4n) is 4.52. The van der Waals surface area contributed by atoms with Gasteiger partial charge in [0.15, 0.2) is 5.65 Å². The van der Waals surface area contributed by atoms with E-state index in [1.165, 1.54) is 5.56 Å². The van der Waals surface area contributed by atoms with E-state index in [-0.39, 0.29) is 11.9 Å². The minimum Gasteiger partial charge on any atom is -0.497 e. The van der Waals surface area contributed by atoms with Crippen LogP contribution in [0.15, 0.2) is 54.6 Å². The highest BCUT2D eigenvalue weighted by atomic mass is 16.5. The molecule has 2 aromatic heterocycles. The Morgan fingerprint density at radius 2 is 1.81 bits per heavy atom. The number of aryl methyl sites for hydroxylation is 3. The molecule has 0 aliphatic rings. The fourth-order valence-corrected chi connectivity index (χ4v) is 4.52. The van der Waals surface area contributed by atoms with E-state index in [9.17, 15) is 4.79 Å². The molecule has 0 spiro atoms. The van der Waals surface area contributed by atoms with Crippen LogP contribution in [0.4, 0.5) is 0 Å². The van der Waals surface area contributed by atoms with Crippen LogP contribution >= 0.6 is 0 Å². The van der Waals surface area contributed by atoms with Gasteiger partial charge in [0.1, 0.15) is 11.5 Å². The van der Waals surface area contributed by atoms with Crippen molar-refractivity contribution < 1.29 is 14.3 Å². The molecular weight excluding hydrogens is 452 g/mol. The van der Waals surface area contributed by atoms with Crippen molar-refractivity contribution in [2.45, 2.75) is 52.5 Å². The van der Waals surface area contributed by atoms with Crippen LogP contribution < -0.4 is 14.8 Å². The zero-order chi connectivity index (χ0) is 25.7. The first kappa shape index (κ1) is 25.2. The summed E-state index contributed by atoms with van der Waals surface area (Å²) in [6, 6.07) is 18.1. The van der Waals surface area contributed by atoms with E-state index in [1.807, 2.05) is 60.8 Å². The summed E-state index contributed by atoms with van der Waals surface area (Å²) < 4.78 is 12.7. The topological polar surface area (TPSA) is 77.8 Å². The van der Waals surface area contributed by atoms with Gasteiger partial charge in [0.05, 0.1) is 19.9 Å². The maximum absolute atomic E-state index is 12.7. The lowest BCUT2D eigenvalue weighted by Crippen LogP contribution is -2.33. The molecule has 188 valence electrons. The van der Waals surface area contributed by atoms with Gasteiger partial charge in [-0.2, -0.15) is 5.10 Å². The SMILES string of the molecule is COc1ccc(-c2cc3nc(C)c(CCC(=O)N[C@H](C)CCc4ccccc4)c(C)n3n2)c(OC)c1. The van der Waals surface area contributed by atoms with E-state index in [1.54, 1.807) is 14.2 Å². The average Bonchev–Trinajstić information content (AvgIpc) is 3.31. The Balaban J connectivity index is 1.45. The molecule has 1 N–H and O–H groups in total. The molecule has 4 aromatic rings. The molecule has 0 saturated heterocycles. The number of hydrogen-bond donors (Lipinski definition) is 1. The van der Waals surface area contributed by atoms with Crippen molar-refractivity contribution in [1.82, 2.24) is 19.9 Å². The van der Waals surface area contributed by atoms with Gasteiger partial charge in [-0.15, -0.1) is 0 Å². The number of benzene rings is 2. The van der Waals surface area contributed by atoms with Gasteiger partial charge in [0.2, 0.25) is 5.91 Å². The van der Waals surface area contributed by atoms with E-state index >= 15 is 0 Å². The van der Waals surface area contributed by atoms with Crippen molar-refractivity contribution in [2.24, 2.45) is 0 Å². The number of carbonyl (C=O) groups is 1. The summed E-state index contributed by atoms with van der Waals surface area (Å²) in [7, 11) is 3.26. The van der Waals surface area contributed by atoms with E-state index in [0.29, 0.717) is 18.6 Å². The number of carbonyl (C=O) groups excluding carboxylic acids is 1. The van der Waals surface area contributed by atoms with E-state index in [0.717, 1.165) is 52.4 Å². The second-order valence-corrected chi connectivity index (χ2v) is 9.12. The number of ether oxygens (including phenoxy) is 2. The summed E-state index contributed by atoms with van der Waals surface area (Å²) >= 11 is 0. The molecule has 0 fully saturated rings. The first-order valence-electron chi connectivity index (χ1n) is 12.3. The Morgan fingerprint density at radius 3 is 2.53 bits per heavy atom. The number of aromatic nitrogens is 3. The molecule has 1 atom stereocenters. The molecule has 7 nitrogen and oxygen atoms in total. The Kier molecular flexibility index (Phi) is 7.88. The number of hydrogen-bond acceptors (Lipinski definition) is 5. The third-order valence-electron chi connectivity index (χ3n) is 6.57. The van der Waals surface area contributed by atoms with Crippen molar-refractivity contribution in [1.29, 1.82) is 0 Å². The van der Waals surface area contributed by atoms with Crippen molar-refractivity contribution in [3.63, 3.8) is 0 Å². The van der Waals surface area contributed by atoms with Crippen LogP contribution in [0.5, 0.6) is 11.5 Å². The summed E-state index contributed by atoms with van der Waals surface area (Å²) in [5, 5.41) is 7.95. The van der Waals surface area contributed by atoms with Crippen LogP contribution in [0, 0.1) is 13.8 Å².